The summed E-state index contributed by atoms with van der Waals surface area (Å²) < 4.78 is 0. The summed E-state index contributed by atoms with van der Waals surface area (Å²) in [6.45, 7) is 2.00. The largest absolute Gasteiger partial charge is 0.381 e. The maximum Gasteiger partial charge on any atom is 0.161 e. The van der Waals surface area contributed by atoms with E-state index >= 15 is 0 Å². The van der Waals surface area contributed by atoms with Crippen LogP contribution in [-0.4, -0.2) is 16.2 Å². The second-order valence-corrected chi connectivity index (χ2v) is 3.55. The Labute approximate surface area is 75.2 Å². The van der Waals surface area contributed by atoms with Crippen molar-refractivity contribution in [2.45, 2.75) is 12.2 Å². The Hall–Kier alpha value is -1.15. The molecule has 0 radical (unpaired) electrons. The lowest BCUT2D eigenvalue weighted by Crippen LogP contribution is -1.90. The molecule has 5 heteroatoms. The lowest BCUT2D eigenvalue weighted by Gasteiger charge is -2.01. The van der Waals surface area contributed by atoms with Crippen molar-refractivity contribution >= 4 is 17.6 Å². The van der Waals surface area contributed by atoms with Gasteiger partial charge in [0, 0.05) is 0 Å². The number of thioether (sulfide) groups is 1. The highest BCUT2D eigenvalue weighted by atomic mass is 32.2. The van der Waals surface area contributed by atoms with Crippen LogP contribution in [-0.2, 0) is 0 Å². The first-order valence-electron chi connectivity index (χ1n) is 3.47. The highest BCUT2D eigenvalue weighted by Crippen LogP contribution is 2.24. The molecular weight excluding hydrogens is 172 g/mol. The smallest absolute Gasteiger partial charge is 0.161 e. The molecule has 64 valence electrons. The fourth-order valence-corrected chi connectivity index (χ4v) is 1.13. The molecule has 0 bridgehead atoms. The molecule has 0 saturated carbocycles. The van der Waals surface area contributed by atoms with Crippen molar-refractivity contribution in [1.82, 2.24) is 9.97 Å². The molecule has 0 aliphatic heterocycles. The Morgan fingerprint density at radius 1 is 1.75 bits per heavy atom. The number of aromatic amines is 1. The van der Waals surface area contributed by atoms with E-state index in [1.165, 1.54) is 0 Å². The van der Waals surface area contributed by atoms with Crippen molar-refractivity contribution in [1.29, 1.82) is 5.26 Å². The van der Waals surface area contributed by atoms with E-state index in [0.29, 0.717) is 5.69 Å². The van der Waals surface area contributed by atoms with Crippen LogP contribution in [0.1, 0.15) is 23.7 Å². The number of aromatic nitrogens is 2. The third kappa shape index (κ3) is 1.53. The molecule has 0 fully saturated rings. The first-order valence-corrected chi connectivity index (χ1v) is 4.76. The highest BCUT2D eigenvalue weighted by molar-refractivity contribution is 7.98. The molecule has 1 aromatic rings. The van der Waals surface area contributed by atoms with Crippen LogP contribution in [0.3, 0.4) is 0 Å². The topological polar surface area (TPSA) is 78.5 Å². The fourth-order valence-electron chi connectivity index (χ4n) is 0.795. The van der Waals surface area contributed by atoms with Crippen LogP contribution in [0.2, 0.25) is 0 Å². The number of H-pyrrole nitrogens is 1. The van der Waals surface area contributed by atoms with Gasteiger partial charge in [0.1, 0.15) is 11.9 Å². The monoisotopic (exact) mass is 182 g/mol. The maximum absolute atomic E-state index is 8.58. The Balaban J connectivity index is 2.98. The van der Waals surface area contributed by atoms with Gasteiger partial charge in [-0.15, -0.1) is 0 Å². The number of nitrogen functional groups attached to an aromatic ring is 1. The molecule has 1 heterocycles. The van der Waals surface area contributed by atoms with E-state index in [1.807, 2.05) is 19.2 Å². The summed E-state index contributed by atoms with van der Waals surface area (Å²) >= 11 is 1.65. The van der Waals surface area contributed by atoms with Gasteiger partial charge in [-0.05, 0) is 13.2 Å². The summed E-state index contributed by atoms with van der Waals surface area (Å²) in [5, 5.41) is 8.82. The third-order valence-corrected chi connectivity index (χ3v) is 2.53. The average Bonchev–Trinajstić information content (AvgIpc) is 2.45. The number of nitrogens with two attached hydrogens (primary N) is 1. The molecule has 4 nitrogen and oxygen atoms in total. The number of imidazole rings is 1. The van der Waals surface area contributed by atoms with Gasteiger partial charge in [0.05, 0.1) is 5.25 Å². The van der Waals surface area contributed by atoms with Crippen LogP contribution < -0.4 is 5.73 Å². The van der Waals surface area contributed by atoms with Gasteiger partial charge in [0.25, 0.3) is 0 Å². The van der Waals surface area contributed by atoms with Crippen molar-refractivity contribution in [3.63, 3.8) is 0 Å². The van der Waals surface area contributed by atoms with Crippen LogP contribution in [0.15, 0.2) is 0 Å². The van der Waals surface area contributed by atoms with Crippen molar-refractivity contribution in [3.8, 4) is 6.07 Å². The second kappa shape index (κ2) is 3.50. The average molecular weight is 182 g/mol. The highest BCUT2D eigenvalue weighted by Gasteiger charge is 2.11. The third-order valence-electron chi connectivity index (χ3n) is 1.60. The van der Waals surface area contributed by atoms with E-state index in [1.54, 1.807) is 11.8 Å². The van der Waals surface area contributed by atoms with Gasteiger partial charge in [0.2, 0.25) is 0 Å². The number of rotatable bonds is 2. The van der Waals surface area contributed by atoms with Gasteiger partial charge < -0.3 is 10.7 Å². The molecule has 0 aromatic carbocycles. The number of nitriles is 1. The standard InChI is InChI=1S/C7H10N4S/c1-4(12-2)7-10-5(3-8)6(9)11-7/h4H,9H2,1-2H3,(H,10,11). The van der Waals surface area contributed by atoms with Crippen LogP contribution >= 0.6 is 11.8 Å². The lowest BCUT2D eigenvalue weighted by molar-refractivity contribution is 0.965. The van der Waals surface area contributed by atoms with Crippen LogP contribution in [0.25, 0.3) is 0 Å². The minimum absolute atomic E-state index is 0.245. The molecule has 3 N–H and O–H groups in total. The molecule has 0 amide bonds. The summed E-state index contributed by atoms with van der Waals surface area (Å²) in [5.74, 6) is 1.05. The predicted molar refractivity (Wildman–Crippen MR) is 49.6 cm³/mol. The molecule has 0 aliphatic carbocycles. The number of anilines is 1. The first-order chi connectivity index (χ1) is 5.69. The summed E-state index contributed by atoms with van der Waals surface area (Å²) in [6.07, 6.45) is 1.98. The maximum atomic E-state index is 8.58. The lowest BCUT2D eigenvalue weighted by atomic mass is 10.4. The zero-order valence-corrected chi connectivity index (χ0v) is 7.77. The van der Waals surface area contributed by atoms with E-state index in [2.05, 4.69) is 9.97 Å². The van der Waals surface area contributed by atoms with Crippen molar-refractivity contribution in [3.05, 3.63) is 11.5 Å². The molecule has 1 unspecified atom stereocenters. The summed E-state index contributed by atoms with van der Waals surface area (Å²) in [4.78, 5) is 6.89. The Morgan fingerprint density at radius 3 is 2.83 bits per heavy atom. The molecule has 0 spiro atoms. The minimum Gasteiger partial charge on any atom is -0.381 e. The van der Waals surface area contributed by atoms with Gasteiger partial charge in [-0.1, -0.05) is 0 Å². The van der Waals surface area contributed by atoms with E-state index < -0.39 is 0 Å². The van der Waals surface area contributed by atoms with Gasteiger partial charge >= 0.3 is 0 Å². The van der Waals surface area contributed by atoms with E-state index in [0.717, 1.165) is 5.82 Å². The fraction of sp³-hybridized carbons (Fsp3) is 0.429. The second-order valence-electron chi connectivity index (χ2n) is 2.37. The first kappa shape index (κ1) is 8.94. The molecule has 1 rings (SSSR count). The van der Waals surface area contributed by atoms with E-state index in [9.17, 15) is 0 Å². The Kier molecular flexibility index (Phi) is 2.61. The Bertz CT molecular complexity index is 312. The number of nitrogens with zero attached hydrogens (tertiary/aromatic N) is 2. The van der Waals surface area contributed by atoms with Gasteiger partial charge in [-0.25, -0.2) is 4.98 Å². The molecule has 1 atom stereocenters. The van der Waals surface area contributed by atoms with E-state index in [4.69, 9.17) is 11.0 Å². The van der Waals surface area contributed by atoms with Crippen molar-refractivity contribution in [2.75, 3.05) is 12.0 Å². The molecule has 1 aromatic heterocycles. The van der Waals surface area contributed by atoms with Crippen LogP contribution in [0, 0.1) is 11.3 Å². The van der Waals surface area contributed by atoms with Crippen molar-refractivity contribution in [2.24, 2.45) is 0 Å². The van der Waals surface area contributed by atoms with Crippen molar-refractivity contribution < 1.29 is 0 Å². The van der Waals surface area contributed by atoms with Gasteiger partial charge in [0.15, 0.2) is 11.5 Å². The number of nitrogens with one attached hydrogen (secondary N) is 1. The van der Waals surface area contributed by atoms with Gasteiger partial charge in [-0.3, -0.25) is 0 Å². The quantitative estimate of drug-likeness (QED) is 0.722. The van der Waals surface area contributed by atoms with E-state index in [-0.39, 0.29) is 11.1 Å². The molecule has 0 saturated heterocycles. The van der Waals surface area contributed by atoms with Gasteiger partial charge in [-0.2, -0.15) is 17.0 Å². The summed E-state index contributed by atoms with van der Waals surface area (Å²) in [5.41, 5.74) is 5.82. The van der Waals surface area contributed by atoms with Crippen LogP contribution in [0.4, 0.5) is 5.82 Å². The van der Waals surface area contributed by atoms with Crippen LogP contribution in [0.5, 0.6) is 0 Å². The Morgan fingerprint density at radius 2 is 2.42 bits per heavy atom. The number of hydrogen-bond acceptors (Lipinski definition) is 4. The molecule has 12 heavy (non-hydrogen) atoms. The summed E-state index contributed by atoms with van der Waals surface area (Å²) in [7, 11) is 0. The predicted octanol–water partition coefficient (Wildman–Crippen LogP) is 1.29. The number of hydrogen-bond donors (Lipinski definition) is 2. The normalized spacial score (nSPS) is 12.4. The summed E-state index contributed by atoms with van der Waals surface area (Å²) in [6, 6.07) is 1.94. The zero-order valence-electron chi connectivity index (χ0n) is 6.96. The zero-order chi connectivity index (χ0) is 9.14. The SMILES string of the molecule is CSC(C)c1nc(N)c(C#N)[nH]1. The minimum atomic E-state index is 0.245. The molecular formula is C7H10N4S. The molecule has 0 aliphatic rings.